The quantitative estimate of drug-likeness (QED) is 0.307. The zero-order chi connectivity index (χ0) is 24.1. The lowest BCUT2D eigenvalue weighted by molar-refractivity contribution is -0.118. The maximum atomic E-state index is 13.5. The van der Waals surface area contributed by atoms with Crippen LogP contribution in [0.1, 0.15) is 11.6 Å². The molecule has 0 saturated heterocycles. The first-order chi connectivity index (χ1) is 16.4. The summed E-state index contributed by atoms with van der Waals surface area (Å²) in [7, 11) is 3.94. The Labute approximate surface area is 201 Å². The Kier molecular flexibility index (Phi) is 7.40. The highest BCUT2D eigenvalue weighted by Gasteiger charge is 2.17. The minimum absolute atomic E-state index is 0.0336. The van der Waals surface area contributed by atoms with Gasteiger partial charge in [0.25, 0.3) is 5.56 Å². The van der Waals surface area contributed by atoms with Crippen LogP contribution in [-0.2, 0) is 4.79 Å². The second-order valence-corrected chi connectivity index (χ2v) is 8.95. The number of carbonyl (C=O) groups is 1. The minimum Gasteiger partial charge on any atom is -0.353 e. The van der Waals surface area contributed by atoms with E-state index >= 15 is 0 Å². The SMILES string of the molecule is CN(C)[C@@H](CNC(=O)CSc1nc2ccccc2c(=O)n1-c1ccc(F)cc1)c1ccccc1. The average molecular weight is 477 g/mol. The van der Waals surface area contributed by atoms with Crippen molar-refractivity contribution in [2.75, 3.05) is 26.4 Å². The molecule has 0 spiro atoms. The largest absolute Gasteiger partial charge is 0.353 e. The Morgan fingerprint density at radius 2 is 1.71 bits per heavy atom. The molecule has 1 atom stereocenters. The summed E-state index contributed by atoms with van der Waals surface area (Å²) in [5.41, 5.74) is 1.88. The molecule has 174 valence electrons. The molecule has 1 N–H and O–H groups in total. The number of fused-ring (bicyclic) bond motifs is 1. The fourth-order valence-electron chi connectivity index (χ4n) is 3.69. The standard InChI is InChI=1S/C26H25FN4O2S/c1-30(2)23(18-8-4-3-5-9-18)16-28-24(32)17-34-26-29-22-11-7-6-10-21(22)25(33)31(26)20-14-12-19(27)13-15-20/h3-15,23H,16-17H2,1-2H3,(H,28,32)/t23-/m0/s1. The third-order valence-corrected chi connectivity index (χ3v) is 6.40. The summed E-state index contributed by atoms with van der Waals surface area (Å²) in [6.07, 6.45) is 0. The molecule has 0 aliphatic carbocycles. The summed E-state index contributed by atoms with van der Waals surface area (Å²) in [6, 6.07) is 22.7. The molecular formula is C26H25FN4O2S. The highest BCUT2D eigenvalue weighted by Crippen LogP contribution is 2.22. The zero-order valence-electron chi connectivity index (χ0n) is 18.9. The van der Waals surface area contributed by atoms with Crippen molar-refractivity contribution in [3.05, 3.63) is 101 Å². The molecule has 6 nitrogen and oxygen atoms in total. The first-order valence-corrected chi connectivity index (χ1v) is 11.8. The topological polar surface area (TPSA) is 67.2 Å². The van der Waals surface area contributed by atoms with E-state index < -0.39 is 5.82 Å². The highest BCUT2D eigenvalue weighted by molar-refractivity contribution is 7.99. The number of hydrogen-bond acceptors (Lipinski definition) is 5. The molecule has 0 bridgehead atoms. The van der Waals surface area contributed by atoms with E-state index in [1.54, 1.807) is 18.2 Å². The highest BCUT2D eigenvalue weighted by atomic mass is 32.2. The van der Waals surface area contributed by atoms with E-state index in [4.69, 9.17) is 0 Å². The predicted octanol–water partition coefficient (Wildman–Crippen LogP) is 4.04. The van der Waals surface area contributed by atoms with Crippen LogP contribution in [0.15, 0.2) is 88.8 Å². The Balaban J connectivity index is 1.54. The van der Waals surface area contributed by atoms with Crippen molar-refractivity contribution in [3.63, 3.8) is 0 Å². The Morgan fingerprint density at radius 3 is 2.41 bits per heavy atom. The third kappa shape index (κ3) is 5.35. The molecule has 4 rings (SSSR count). The van der Waals surface area contributed by atoms with E-state index in [0.29, 0.717) is 28.3 Å². The molecule has 1 aromatic heterocycles. The van der Waals surface area contributed by atoms with Crippen LogP contribution in [0.25, 0.3) is 16.6 Å². The molecule has 4 aromatic rings. The normalized spacial score (nSPS) is 12.1. The van der Waals surface area contributed by atoms with Crippen molar-refractivity contribution >= 4 is 28.6 Å². The number of thioether (sulfide) groups is 1. The monoisotopic (exact) mass is 476 g/mol. The van der Waals surface area contributed by atoms with Gasteiger partial charge in [0.15, 0.2) is 5.16 Å². The minimum atomic E-state index is -0.395. The van der Waals surface area contributed by atoms with Gasteiger partial charge in [-0.05, 0) is 56.1 Å². The van der Waals surface area contributed by atoms with Gasteiger partial charge in [0.2, 0.25) is 5.91 Å². The predicted molar refractivity (Wildman–Crippen MR) is 134 cm³/mol. The van der Waals surface area contributed by atoms with Gasteiger partial charge in [-0.3, -0.25) is 14.2 Å². The van der Waals surface area contributed by atoms with E-state index in [9.17, 15) is 14.0 Å². The van der Waals surface area contributed by atoms with Crippen molar-refractivity contribution in [1.82, 2.24) is 19.8 Å². The number of likely N-dealkylation sites (N-methyl/N-ethyl adjacent to an activating group) is 1. The maximum absolute atomic E-state index is 13.5. The summed E-state index contributed by atoms with van der Waals surface area (Å²) >= 11 is 1.17. The fraction of sp³-hybridized carbons (Fsp3) is 0.192. The van der Waals surface area contributed by atoms with E-state index in [-0.39, 0.29) is 23.3 Å². The van der Waals surface area contributed by atoms with Crippen molar-refractivity contribution in [3.8, 4) is 5.69 Å². The second-order valence-electron chi connectivity index (χ2n) is 8.01. The number of aromatic nitrogens is 2. The summed E-state index contributed by atoms with van der Waals surface area (Å²) in [4.78, 5) is 32.6. The van der Waals surface area contributed by atoms with Gasteiger partial charge in [0, 0.05) is 6.54 Å². The zero-order valence-corrected chi connectivity index (χ0v) is 19.8. The van der Waals surface area contributed by atoms with Crippen LogP contribution < -0.4 is 10.9 Å². The summed E-state index contributed by atoms with van der Waals surface area (Å²) < 4.78 is 14.9. The van der Waals surface area contributed by atoms with Crippen molar-refractivity contribution in [1.29, 1.82) is 0 Å². The average Bonchev–Trinajstić information content (AvgIpc) is 2.84. The first-order valence-electron chi connectivity index (χ1n) is 10.8. The number of amides is 1. The lowest BCUT2D eigenvalue weighted by Crippen LogP contribution is -2.35. The van der Waals surface area contributed by atoms with E-state index in [0.717, 1.165) is 5.56 Å². The van der Waals surface area contributed by atoms with Gasteiger partial charge in [-0.25, -0.2) is 9.37 Å². The van der Waals surface area contributed by atoms with Crippen molar-refractivity contribution in [2.45, 2.75) is 11.2 Å². The second kappa shape index (κ2) is 10.6. The molecule has 0 unspecified atom stereocenters. The number of benzene rings is 3. The molecule has 1 heterocycles. The number of nitrogens with zero attached hydrogens (tertiary/aromatic N) is 3. The molecule has 0 radical (unpaired) electrons. The smallest absolute Gasteiger partial charge is 0.266 e. The van der Waals surface area contributed by atoms with Gasteiger partial charge in [-0.2, -0.15) is 0 Å². The maximum Gasteiger partial charge on any atom is 0.266 e. The number of hydrogen-bond donors (Lipinski definition) is 1. The Hall–Kier alpha value is -3.49. The lowest BCUT2D eigenvalue weighted by atomic mass is 10.1. The van der Waals surface area contributed by atoms with Gasteiger partial charge in [-0.15, -0.1) is 0 Å². The van der Waals surface area contributed by atoms with Gasteiger partial charge in [-0.1, -0.05) is 54.2 Å². The van der Waals surface area contributed by atoms with Crippen LogP contribution in [0.4, 0.5) is 4.39 Å². The Bertz CT molecular complexity index is 1340. The Morgan fingerprint density at radius 1 is 1.03 bits per heavy atom. The number of para-hydroxylation sites is 1. The van der Waals surface area contributed by atoms with E-state index in [1.165, 1.54) is 40.6 Å². The van der Waals surface area contributed by atoms with Gasteiger partial charge < -0.3 is 10.2 Å². The summed E-state index contributed by atoms with van der Waals surface area (Å²) in [6.45, 7) is 0.451. The van der Waals surface area contributed by atoms with E-state index in [1.807, 2.05) is 50.5 Å². The van der Waals surface area contributed by atoms with Crippen LogP contribution >= 0.6 is 11.8 Å². The number of nitrogens with one attached hydrogen (secondary N) is 1. The van der Waals surface area contributed by atoms with Crippen molar-refractivity contribution in [2.24, 2.45) is 0 Å². The van der Waals surface area contributed by atoms with Crippen LogP contribution in [0, 0.1) is 5.82 Å². The van der Waals surface area contributed by atoms with Gasteiger partial charge >= 0.3 is 0 Å². The molecule has 8 heteroatoms. The fourth-order valence-corrected chi connectivity index (χ4v) is 4.53. The molecule has 1 amide bonds. The molecule has 0 saturated carbocycles. The van der Waals surface area contributed by atoms with Crippen LogP contribution in [0.3, 0.4) is 0 Å². The van der Waals surface area contributed by atoms with Crippen molar-refractivity contribution < 1.29 is 9.18 Å². The summed E-state index contributed by atoms with van der Waals surface area (Å²) in [5.74, 6) is -0.477. The van der Waals surface area contributed by atoms with Crippen LogP contribution in [-0.4, -0.2) is 46.8 Å². The third-order valence-electron chi connectivity index (χ3n) is 5.46. The molecule has 0 fully saturated rings. The van der Waals surface area contributed by atoms with Crippen LogP contribution in [0.5, 0.6) is 0 Å². The van der Waals surface area contributed by atoms with Gasteiger partial charge in [0.05, 0.1) is 28.4 Å². The van der Waals surface area contributed by atoms with Gasteiger partial charge in [0.1, 0.15) is 5.82 Å². The lowest BCUT2D eigenvalue weighted by Gasteiger charge is -2.25. The molecule has 0 aliphatic heterocycles. The number of halogens is 1. The molecular weight excluding hydrogens is 451 g/mol. The molecule has 3 aromatic carbocycles. The van der Waals surface area contributed by atoms with E-state index in [2.05, 4.69) is 15.2 Å². The summed E-state index contributed by atoms with van der Waals surface area (Å²) in [5, 5.41) is 3.81. The molecule has 0 aliphatic rings. The first kappa shape index (κ1) is 23.7. The number of carbonyl (C=O) groups excluding carboxylic acids is 1. The number of rotatable bonds is 8. The van der Waals surface area contributed by atoms with Crippen LogP contribution in [0.2, 0.25) is 0 Å². The molecule has 34 heavy (non-hydrogen) atoms.